The third-order valence-electron chi connectivity index (χ3n) is 1.63. The number of benzene rings is 1. The van der Waals surface area contributed by atoms with Crippen molar-refractivity contribution in [2.45, 2.75) is 20.1 Å². The topological polar surface area (TPSA) is 9.23 Å². The van der Waals surface area contributed by atoms with Crippen LogP contribution < -0.4 is 17.0 Å². The Morgan fingerprint density at radius 1 is 1.08 bits per heavy atom. The molecule has 0 atom stereocenters. The minimum Gasteiger partial charge on any atom is -1.00 e. The van der Waals surface area contributed by atoms with Crippen LogP contribution in [0.1, 0.15) is 18.1 Å². The van der Waals surface area contributed by atoms with Crippen LogP contribution >= 0.6 is 0 Å². The SMILES string of the molecule is [Br-].[CH2-]C.[Mg+2].c1ccc2c(c1)COC2. The third-order valence-corrected chi connectivity index (χ3v) is 1.63. The molecule has 1 aromatic rings. The number of fused-ring (bicyclic) bond motifs is 1. The van der Waals surface area contributed by atoms with Crippen molar-refractivity contribution in [1.29, 1.82) is 0 Å². The van der Waals surface area contributed by atoms with Crippen LogP contribution in [-0.4, -0.2) is 23.1 Å². The van der Waals surface area contributed by atoms with Crippen LogP contribution in [0.2, 0.25) is 0 Å². The van der Waals surface area contributed by atoms with Crippen molar-refractivity contribution < 1.29 is 21.7 Å². The van der Waals surface area contributed by atoms with E-state index in [0.29, 0.717) is 0 Å². The molecule has 0 aliphatic carbocycles. The first-order valence-electron chi connectivity index (χ1n) is 3.82. The summed E-state index contributed by atoms with van der Waals surface area (Å²) in [5.41, 5.74) is 2.69. The van der Waals surface area contributed by atoms with Gasteiger partial charge in [-0.1, -0.05) is 24.3 Å². The molecule has 1 aromatic carbocycles. The summed E-state index contributed by atoms with van der Waals surface area (Å²) in [6.45, 7) is 6.60. The monoisotopic (exact) mass is 252 g/mol. The Balaban J connectivity index is 0. The molecule has 0 spiro atoms. The zero-order valence-electron chi connectivity index (χ0n) is 7.92. The number of hydrogen-bond donors (Lipinski definition) is 0. The van der Waals surface area contributed by atoms with Gasteiger partial charge in [0.1, 0.15) is 0 Å². The van der Waals surface area contributed by atoms with Crippen molar-refractivity contribution in [3.05, 3.63) is 42.3 Å². The van der Waals surface area contributed by atoms with Crippen LogP contribution in [-0.2, 0) is 18.0 Å². The van der Waals surface area contributed by atoms with Gasteiger partial charge in [0.2, 0.25) is 0 Å². The molecule has 3 heteroatoms. The molecular formula is C10H13BrMgO. The van der Waals surface area contributed by atoms with Crippen LogP contribution in [0.25, 0.3) is 0 Å². The molecule has 1 aliphatic heterocycles. The fraction of sp³-hybridized carbons (Fsp3) is 0.300. The third kappa shape index (κ3) is 4.45. The largest absolute Gasteiger partial charge is 2.00 e. The molecule has 0 unspecified atom stereocenters. The molecule has 68 valence electrons. The van der Waals surface area contributed by atoms with E-state index in [-0.39, 0.29) is 40.0 Å². The van der Waals surface area contributed by atoms with Crippen molar-refractivity contribution in [1.82, 2.24) is 0 Å². The average Bonchev–Trinajstić information content (AvgIpc) is 2.55. The maximum Gasteiger partial charge on any atom is 2.00 e. The van der Waals surface area contributed by atoms with E-state index in [1.807, 2.05) is 12.1 Å². The van der Waals surface area contributed by atoms with Crippen molar-refractivity contribution in [2.24, 2.45) is 0 Å². The molecule has 0 fully saturated rings. The molecule has 2 rings (SSSR count). The van der Waals surface area contributed by atoms with E-state index < -0.39 is 0 Å². The van der Waals surface area contributed by atoms with E-state index >= 15 is 0 Å². The zero-order chi connectivity index (χ0) is 8.10. The van der Waals surface area contributed by atoms with E-state index in [9.17, 15) is 0 Å². The summed E-state index contributed by atoms with van der Waals surface area (Å²) in [6, 6.07) is 8.33. The summed E-state index contributed by atoms with van der Waals surface area (Å²) < 4.78 is 5.21. The fourth-order valence-electron chi connectivity index (χ4n) is 1.11. The first-order chi connectivity index (χ1) is 5.47. The van der Waals surface area contributed by atoms with E-state index in [0.717, 1.165) is 13.2 Å². The summed E-state index contributed by atoms with van der Waals surface area (Å²) in [5.74, 6) is 0. The molecule has 0 aromatic heterocycles. The quantitative estimate of drug-likeness (QED) is 0.434. The maximum atomic E-state index is 5.21. The molecule has 0 saturated heterocycles. The molecule has 1 heterocycles. The van der Waals surface area contributed by atoms with Gasteiger partial charge in [-0.2, -0.15) is 6.92 Å². The molecule has 0 N–H and O–H groups in total. The Morgan fingerprint density at radius 3 is 1.85 bits per heavy atom. The molecule has 0 bridgehead atoms. The Morgan fingerprint density at radius 2 is 1.46 bits per heavy atom. The van der Waals surface area contributed by atoms with Crippen molar-refractivity contribution >= 4 is 23.1 Å². The van der Waals surface area contributed by atoms with E-state index in [1.54, 1.807) is 6.92 Å². The van der Waals surface area contributed by atoms with E-state index in [2.05, 4.69) is 19.1 Å². The Hall–Kier alpha value is 0.426. The normalized spacial score (nSPS) is 11.2. The van der Waals surface area contributed by atoms with Gasteiger partial charge < -0.3 is 28.6 Å². The zero-order valence-corrected chi connectivity index (χ0v) is 10.9. The van der Waals surface area contributed by atoms with Gasteiger partial charge in [-0.15, -0.1) is 0 Å². The fourth-order valence-corrected chi connectivity index (χ4v) is 1.11. The molecule has 1 nitrogen and oxygen atoms in total. The predicted octanol–water partition coefficient (Wildman–Crippen LogP) is -0.820. The number of hydrogen-bond acceptors (Lipinski definition) is 1. The molecule has 13 heavy (non-hydrogen) atoms. The molecular weight excluding hydrogens is 240 g/mol. The second kappa shape index (κ2) is 9.00. The number of halogens is 1. The minimum absolute atomic E-state index is 0. The van der Waals surface area contributed by atoms with Gasteiger partial charge in [0.15, 0.2) is 0 Å². The summed E-state index contributed by atoms with van der Waals surface area (Å²) >= 11 is 0. The molecule has 0 radical (unpaired) electrons. The molecule has 0 saturated carbocycles. The van der Waals surface area contributed by atoms with Crippen molar-refractivity contribution in [2.75, 3.05) is 0 Å². The molecule has 0 amide bonds. The average molecular weight is 253 g/mol. The van der Waals surface area contributed by atoms with Crippen LogP contribution in [0, 0.1) is 6.92 Å². The summed E-state index contributed by atoms with van der Waals surface area (Å²) in [4.78, 5) is 0. The van der Waals surface area contributed by atoms with E-state index in [4.69, 9.17) is 4.74 Å². The van der Waals surface area contributed by atoms with Crippen LogP contribution in [0.3, 0.4) is 0 Å². The Kier molecular flexibility index (Phi) is 11.0. The summed E-state index contributed by atoms with van der Waals surface area (Å²) in [5, 5.41) is 0. The smallest absolute Gasteiger partial charge is 1.00 e. The predicted molar refractivity (Wildman–Crippen MR) is 51.7 cm³/mol. The first kappa shape index (κ1) is 15.9. The van der Waals surface area contributed by atoms with Crippen LogP contribution in [0.15, 0.2) is 24.3 Å². The minimum atomic E-state index is 0. The summed E-state index contributed by atoms with van der Waals surface area (Å²) in [7, 11) is 0. The Bertz CT molecular complexity index is 205. The van der Waals surface area contributed by atoms with Gasteiger partial charge >= 0.3 is 23.1 Å². The van der Waals surface area contributed by atoms with Gasteiger partial charge in [-0.3, -0.25) is 0 Å². The number of rotatable bonds is 0. The standard InChI is InChI=1S/C8H8O.C2H5.BrH.Mg/c1-2-4-8-6-9-5-7(8)3-1;1-2;;/h1-4H,5-6H2;1H2,2H3;1H;/q;-1;;+2/p-1. The maximum absolute atomic E-state index is 5.21. The molecule has 1 aliphatic rings. The van der Waals surface area contributed by atoms with Gasteiger partial charge in [0.05, 0.1) is 13.2 Å². The van der Waals surface area contributed by atoms with E-state index in [1.165, 1.54) is 11.1 Å². The van der Waals surface area contributed by atoms with Crippen molar-refractivity contribution in [3.63, 3.8) is 0 Å². The second-order valence-corrected chi connectivity index (χ2v) is 2.26. The van der Waals surface area contributed by atoms with Crippen LogP contribution in [0.4, 0.5) is 0 Å². The van der Waals surface area contributed by atoms with Gasteiger partial charge in [-0.25, -0.2) is 0 Å². The van der Waals surface area contributed by atoms with Crippen molar-refractivity contribution in [3.8, 4) is 0 Å². The van der Waals surface area contributed by atoms with Crippen LogP contribution in [0.5, 0.6) is 0 Å². The van der Waals surface area contributed by atoms with Gasteiger partial charge in [-0.05, 0) is 11.1 Å². The Labute approximate surface area is 107 Å². The summed E-state index contributed by atoms with van der Waals surface area (Å²) in [6.07, 6.45) is 0. The van der Waals surface area contributed by atoms with Gasteiger partial charge in [0.25, 0.3) is 0 Å². The first-order valence-corrected chi connectivity index (χ1v) is 3.82. The number of ether oxygens (including phenoxy) is 1. The second-order valence-electron chi connectivity index (χ2n) is 2.26. The van der Waals surface area contributed by atoms with Gasteiger partial charge in [0, 0.05) is 0 Å².